The van der Waals surface area contributed by atoms with Crippen molar-refractivity contribution in [1.29, 1.82) is 0 Å². The number of carbonyl (C=O) groups is 1. The van der Waals surface area contributed by atoms with Gasteiger partial charge in [0.05, 0.1) is 37.2 Å². The van der Waals surface area contributed by atoms with Crippen molar-refractivity contribution in [2.24, 2.45) is 0 Å². The van der Waals surface area contributed by atoms with Gasteiger partial charge in [-0.3, -0.25) is 9.69 Å². The molecule has 116 valence electrons. The molecule has 0 bridgehead atoms. The molecule has 0 saturated carbocycles. The van der Waals surface area contributed by atoms with Crippen molar-refractivity contribution in [2.75, 3.05) is 37.8 Å². The summed E-state index contributed by atoms with van der Waals surface area (Å²) >= 11 is 0. The van der Waals surface area contributed by atoms with E-state index in [9.17, 15) is 4.79 Å². The van der Waals surface area contributed by atoms with E-state index < -0.39 is 0 Å². The number of hydrogen-bond donors (Lipinski definition) is 2. The number of methoxy groups -OCH3 is 1. The molecule has 1 heterocycles. The molecule has 0 spiro atoms. The summed E-state index contributed by atoms with van der Waals surface area (Å²) in [6, 6.07) is 5.20. The first-order valence-electron chi connectivity index (χ1n) is 7.09. The number of anilines is 2. The van der Waals surface area contributed by atoms with Crippen LogP contribution in [0, 0.1) is 0 Å². The fourth-order valence-corrected chi connectivity index (χ4v) is 2.59. The average molecular weight is 293 g/mol. The minimum atomic E-state index is -0.0758. The maximum absolute atomic E-state index is 12.1. The van der Waals surface area contributed by atoms with E-state index in [0.29, 0.717) is 23.7 Å². The van der Waals surface area contributed by atoms with Gasteiger partial charge in [0.1, 0.15) is 5.75 Å². The molecule has 0 radical (unpaired) electrons. The van der Waals surface area contributed by atoms with E-state index in [1.807, 2.05) is 13.8 Å². The van der Waals surface area contributed by atoms with Crippen LogP contribution in [0.2, 0.25) is 0 Å². The van der Waals surface area contributed by atoms with Crippen LogP contribution < -0.4 is 15.8 Å². The molecule has 6 nitrogen and oxygen atoms in total. The van der Waals surface area contributed by atoms with Crippen LogP contribution in [0.1, 0.15) is 13.8 Å². The maximum atomic E-state index is 12.1. The van der Waals surface area contributed by atoms with E-state index in [-0.39, 0.29) is 18.1 Å². The quantitative estimate of drug-likeness (QED) is 0.819. The minimum Gasteiger partial charge on any atom is -0.497 e. The first-order valence-corrected chi connectivity index (χ1v) is 7.09. The van der Waals surface area contributed by atoms with Crippen molar-refractivity contribution in [1.82, 2.24) is 4.90 Å². The SMILES string of the molecule is COc1ccc(NC(=O)CN2C[C@@H](C)O[C@@H](C)C2)c(N)c1. The van der Waals surface area contributed by atoms with Crippen LogP contribution in [-0.4, -0.2) is 49.8 Å². The average Bonchev–Trinajstić information content (AvgIpc) is 2.39. The van der Waals surface area contributed by atoms with E-state index in [0.717, 1.165) is 13.1 Å². The number of carbonyl (C=O) groups excluding carboxylic acids is 1. The zero-order valence-corrected chi connectivity index (χ0v) is 12.8. The number of nitrogens with one attached hydrogen (secondary N) is 1. The van der Waals surface area contributed by atoms with Crippen LogP contribution in [0.3, 0.4) is 0 Å². The van der Waals surface area contributed by atoms with Crippen LogP contribution in [-0.2, 0) is 9.53 Å². The molecule has 0 aromatic heterocycles. The van der Waals surface area contributed by atoms with Crippen molar-refractivity contribution in [2.45, 2.75) is 26.1 Å². The van der Waals surface area contributed by atoms with Crippen molar-refractivity contribution < 1.29 is 14.3 Å². The lowest BCUT2D eigenvalue weighted by atomic mass is 10.2. The summed E-state index contributed by atoms with van der Waals surface area (Å²) < 4.78 is 10.7. The lowest BCUT2D eigenvalue weighted by Gasteiger charge is -2.34. The Labute approximate surface area is 125 Å². The van der Waals surface area contributed by atoms with Gasteiger partial charge in [0, 0.05) is 19.2 Å². The molecule has 1 aliphatic rings. The standard InChI is InChI=1S/C15H23N3O3/c1-10-7-18(8-11(2)21-10)9-15(19)17-14-5-4-12(20-3)6-13(14)16/h4-6,10-11H,7-9,16H2,1-3H3,(H,17,19)/t10-,11+. The Morgan fingerprint density at radius 2 is 2.10 bits per heavy atom. The van der Waals surface area contributed by atoms with E-state index >= 15 is 0 Å². The van der Waals surface area contributed by atoms with Crippen LogP contribution in [0.4, 0.5) is 11.4 Å². The summed E-state index contributed by atoms with van der Waals surface area (Å²) in [6.07, 6.45) is 0.292. The Morgan fingerprint density at radius 1 is 1.43 bits per heavy atom. The summed E-state index contributed by atoms with van der Waals surface area (Å²) in [4.78, 5) is 14.2. The third-order valence-electron chi connectivity index (χ3n) is 3.40. The Hall–Kier alpha value is -1.79. The summed E-state index contributed by atoms with van der Waals surface area (Å²) in [5.41, 5.74) is 6.99. The minimum absolute atomic E-state index is 0.0758. The molecule has 1 aromatic carbocycles. The normalized spacial score (nSPS) is 22.8. The van der Waals surface area contributed by atoms with E-state index in [1.54, 1.807) is 25.3 Å². The Morgan fingerprint density at radius 3 is 2.67 bits per heavy atom. The topological polar surface area (TPSA) is 76.8 Å². The largest absolute Gasteiger partial charge is 0.497 e. The smallest absolute Gasteiger partial charge is 0.238 e. The van der Waals surface area contributed by atoms with Crippen molar-refractivity contribution in [3.05, 3.63) is 18.2 Å². The summed E-state index contributed by atoms with van der Waals surface area (Å²) in [6.45, 7) is 5.89. The van der Waals surface area contributed by atoms with Gasteiger partial charge in [-0.2, -0.15) is 0 Å². The highest BCUT2D eigenvalue weighted by Crippen LogP contribution is 2.24. The van der Waals surface area contributed by atoms with Gasteiger partial charge in [-0.1, -0.05) is 0 Å². The number of rotatable bonds is 4. The molecule has 0 aliphatic carbocycles. The number of nitrogen functional groups attached to an aromatic ring is 1. The predicted octanol–water partition coefficient (Wildman–Crippen LogP) is 1.33. The molecule has 1 fully saturated rings. The molecule has 3 N–H and O–H groups in total. The summed E-state index contributed by atoms with van der Waals surface area (Å²) in [5, 5.41) is 2.84. The lowest BCUT2D eigenvalue weighted by molar-refractivity contribution is -0.121. The highest BCUT2D eigenvalue weighted by Gasteiger charge is 2.23. The van der Waals surface area contributed by atoms with Gasteiger partial charge in [-0.25, -0.2) is 0 Å². The zero-order chi connectivity index (χ0) is 15.4. The van der Waals surface area contributed by atoms with Gasteiger partial charge < -0.3 is 20.5 Å². The molecule has 1 aromatic rings. The van der Waals surface area contributed by atoms with Gasteiger partial charge in [0.2, 0.25) is 5.91 Å². The molecule has 21 heavy (non-hydrogen) atoms. The fraction of sp³-hybridized carbons (Fsp3) is 0.533. The molecular formula is C15H23N3O3. The van der Waals surface area contributed by atoms with E-state index in [4.69, 9.17) is 15.2 Å². The first kappa shape index (κ1) is 15.6. The second kappa shape index (κ2) is 6.78. The molecule has 6 heteroatoms. The zero-order valence-electron chi connectivity index (χ0n) is 12.8. The Balaban J connectivity index is 1.92. The third-order valence-corrected chi connectivity index (χ3v) is 3.40. The van der Waals surface area contributed by atoms with E-state index in [2.05, 4.69) is 10.2 Å². The Kier molecular flexibility index (Phi) is 5.03. The lowest BCUT2D eigenvalue weighted by Crippen LogP contribution is -2.48. The molecule has 0 unspecified atom stereocenters. The third kappa shape index (κ3) is 4.34. The van der Waals surface area contributed by atoms with Crippen LogP contribution >= 0.6 is 0 Å². The summed E-state index contributed by atoms with van der Waals surface area (Å²) in [7, 11) is 1.58. The van der Waals surface area contributed by atoms with Gasteiger partial charge in [-0.15, -0.1) is 0 Å². The maximum Gasteiger partial charge on any atom is 0.238 e. The highest BCUT2D eigenvalue weighted by molar-refractivity contribution is 5.95. The van der Waals surface area contributed by atoms with Gasteiger partial charge in [0.25, 0.3) is 0 Å². The number of hydrogen-bond acceptors (Lipinski definition) is 5. The summed E-state index contributed by atoms with van der Waals surface area (Å²) in [5.74, 6) is 0.592. The molecule has 2 rings (SSSR count). The first-order chi connectivity index (χ1) is 9.97. The predicted molar refractivity (Wildman–Crippen MR) is 82.5 cm³/mol. The fourth-order valence-electron chi connectivity index (χ4n) is 2.59. The number of nitrogens with zero attached hydrogens (tertiary/aromatic N) is 1. The number of amides is 1. The molecule has 1 amide bonds. The van der Waals surface area contributed by atoms with Crippen LogP contribution in [0.5, 0.6) is 5.75 Å². The van der Waals surface area contributed by atoms with Crippen molar-refractivity contribution in [3.8, 4) is 5.75 Å². The number of ether oxygens (including phenoxy) is 2. The number of morpholine rings is 1. The van der Waals surface area contributed by atoms with Crippen LogP contribution in [0.25, 0.3) is 0 Å². The monoisotopic (exact) mass is 293 g/mol. The van der Waals surface area contributed by atoms with Crippen molar-refractivity contribution in [3.63, 3.8) is 0 Å². The van der Waals surface area contributed by atoms with Crippen LogP contribution in [0.15, 0.2) is 18.2 Å². The molecule has 2 atom stereocenters. The molecule has 1 saturated heterocycles. The number of benzene rings is 1. The highest BCUT2D eigenvalue weighted by atomic mass is 16.5. The van der Waals surface area contributed by atoms with Gasteiger partial charge >= 0.3 is 0 Å². The molecular weight excluding hydrogens is 270 g/mol. The molecule has 1 aliphatic heterocycles. The van der Waals surface area contributed by atoms with Gasteiger partial charge in [0.15, 0.2) is 0 Å². The number of nitrogens with two attached hydrogens (primary N) is 1. The second-order valence-corrected chi connectivity index (χ2v) is 5.45. The van der Waals surface area contributed by atoms with Gasteiger partial charge in [-0.05, 0) is 26.0 Å². The van der Waals surface area contributed by atoms with E-state index in [1.165, 1.54) is 0 Å². The Bertz CT molecular complexity index is 497. The van der Waals surface area contributed by atoms with Crippen molar-refractivity contribution >= 4 is 17.3 Å². The second-order valence-electron chi connectivity index (χ2n) is 5.45.